The molecule has 0 radical (unpaired) electrons. The van der Waals surface area contributed by atoms with Gasteiger partial charge in [-0.3, -0.25) is 4.79 Å². The van der Waals surface area contributed by atoms with Crippen molar-refractivity contribution in [2.75, 3.05) is 39.8 Å². The van der Waals surface area contributed by atoms with Crippen LogP contribution in [0.2, 0.25) is 0 Å². The zero-order chi connectivity index (χ0) is 56.1. The van der Waals surface area contributed by atoms with E-state index in [9.17, 15) is 44.4 Å². The molecule has 1 saturated carbocycles. The number of carbonyl (C=O) groups is 5. The number of hydrogen-bond acceptors (Lipinski definition) is 20. The van der Waals surface area contributed by atoms with Crippen LogP contribution < -0.4 is 21.3 Å². The number of azide groups is 1. The molecule has 428 valence electrons. The van der Waals surface area contributed by atoms with E-state index >= 15 is 0 Å². The minimum atomic E-state index is -1.81. The molecule has 16 atom stereocenters. The van der Waals surface area contributed by atoms with E-state index in [0.717, 1.165) is 5.56 Å². The lowest BCUT2D eigenvalue weighted by atomic mass is 9.74. The third-order valence-electron chi connectivity index (χ3n) is 13.6. The Morgan fingerprint density at radius 3 is 2.12 bits per heavy atom. The Balaban J connectivity index is 1.11. The first-order valence-electron chi connectivity index (χ1n) is 25.7. The van der Waals surface area contributed by atoms with E-state index in [2.05, 4.69) is 31.3 Å². The number of rotatable bonds is 20. The average Bonchev–Trinajstić information content (AvgIpc) is 3.71. The molecule has 8 N–H and O–H groups in total. The van der Waals surface area contributed by atoms with Gasteiger partial charge in [-0.15, -0.1) is 0 Å². The fourth-order valence-corrected chi connectivity index (χ4v) is 9.62. The minimum Gasteiger partial charge on any atom is -0.467 e. The number of ether oxygens (including phenoxy) is 10. The fraction of sp³-hybridized carbons (Fsp3) is 0.627. The summed E-state index contributed by atoms with van der Waals surface area (Å²) >= 11 is 0. The first kappa shape index (κ1) is 59.1. The molecule has 5 amide bonds. The van der Waals surface area contributed by atoms with Gasteiger partial charge in [0.2, 0.25) is 12.2 Å². The Bertz CT molecular complexity index is 2420. The van der Waals surface area contributed by atoms with Crippen LogP contribution >= 0.6 is 0 Å². The second-order valence-corrected chi connectivity index (χ2v) is 20.5. The second kappa shape index (κ2) is 27.4. The second-order valence-electron chi connectivity index (χ2n) is 20.5. The van der Waals surface area contributed by atoms with Crippen molar-refractivity contribution in [3.05, 3.63) is 94.1 Å². The summed E-state index contributed by atoms with van der Waals surface area (Å²) in [4.78, 5) is 69.1. The third-order valence-corrected chi connectivity index (χ3v) is 13.6. The molecule has 0 bridgehead atoms. The zero-order valence-electron chi connectivity index (χ0n) is 43.9. The van der Waals surface area contributed by atoms with Gasteiger partial charge in [0.25, 0.3) is 0 Å². The lowest BCUT2D eigenvalue weighted by Crippen LogP contribution is -2.69. The Morgan fingerprint density at radius 2 is 1.47 bits per heavy atom. The van der Waals surface area contributed by atoms with Crippen LogP contribution in [0.1, 0.15) is 58.1 Å². The quantitative estimate of drug-likeness (QED) is 0.0408. The summed E-state index contributed by atoms with van der Waals surface area (Å²) in [5.41, 5.74) is 9.75. The highest BCUT2D eigenvalue weighted by molar-refractivity contribution is 5.76. The van der Waals surface area contributed by atoms with E-state index in [-0.39, 0.29) is 64.4 Å². The van der Waals surface area contributed by atoms with Gasteiger partial charge in [-0.1, -0.05) is 72.7 Å². The summed E-state index contributed by atoms with van der Waals surface area (Å²) < 4.78 is 59.4. The molecule has 5 aliphatic rings. The van der Waals surface area contributed by atoms with Crippen LogP contribution in [0.5, 0.6) is 0 Å². The number of carbonyl (C=O) groups excluding carboxylic acids is 5. The number of hydrogen-bond donors (Lipinski definition) is 8. The van der Waals surface area contributed by atoms with Crippen molar-refractivity contribution in [3.8, 4) is 0 Å². The molecule has 4 aliphatic heterocycles. The van der Waals surface area contributed by atoms with E-state index in [1.54, 1.807) is 88.4 Å². The van der Waals surface area contributed by atoms with Gasteiger partial charge in [-0.2, -0.15) is 0 Å². The molecule has 7 rings (SSSR count). The fourth-order valence-electron chi connectivity index (χ4n) is 9.62. The zero-order valence-corrected chi connectivity index (χ0v) is 43.9. The van der Waals surface area contributed by atoms with Gasteiger partial charge < -0.3 is 94.0 Å². The molecule has 27 heteroatoms. The van der Waals surface area contributed by atoms with Gasteiger partial charge in [0.1, 0.15) is 67.2 Å². The first-order valence-corrected chi connectivity index (χ1v) is 25.7. The van der Waals surface area contributed by atoms with Gasteiger partial charge in [-0.25, -0.2) is 19.2 Å². The standard InChI is InChI=1S/C51H70N8O19/c1-27-20-30(21-35(61)59(5)19-18-53-48(66)78-51(2,3)4)37(62)43(40(27)74-44-32(17-16-31(71-44)22-55-58-52)56-49(67)69-25-28-12-8-6-9-13-28)76-46-39(64)42(34(24-60)73-46)75-45-36(38(63)41-33(72-45)23-54-47(65)77-41)57-50(68)70-26-29-14-10-7-11-15-29/h6-16,27,30,32-34,36-46,60,62-64H,17-26H2,1-5H3,(H,53,66)(H,54,65)(H,56,67)(H,57,68)/t27-,30-,32+,33-,34+,36+,37-,38+,39+,40+,41+,42+,43+,44+,45+,46-/m0/s1. The Labute approximate surface area is 449 Å². The third kappa shape index (κ3) is 16.1. The molecule has 0 spiro atoms. The monoisotopic (exact) mass is 1100 g/mol. The van der Waals surface area contributed by atoms with Crippen LogP contribution in [0.4, 0.5) is 19.2 Å². The maximum atomic E-state index is 13.8. The van der Waals surface area contributed by atoms with Crippen LogP contribution in [-0.2, 0) is 65.4 Å². The van der Waals surface area contributed by atoms with Crippen LogP contribution in [0.3, 0.4) is 0 Å². The van der Waals surface area contributed by atoms with Gasteiger partial charge in [-0.05, 0) is 68.2 Å². The maximum Gasteiger partial charge on any atom is 0.407 e. The van der Waals surface area contributed by atoms with Crippen LogP contribution in [0.25, 0.3) is 10.4 Å². The SMILES string of the molecule is C[C@H]1C[C@@H](CC(=O)N(C)CCNC(=O)OC(C)(C)C)[C@H](O)[C@@H](O[C@@H]2O[C@H](CO)[C@@H](O[C@H]3O[C@H]4CNC(=O)O[C@H]4[C@H](O)[C@H]3NC(=O)OCc3ccccc3)[C@H]2O)[C@@H]1O[C@H]1OC(CN=[N+]=[N-])=CC[C@H]1NC(=O)OCc1ccccc1. The normalized spacial score (nSPS) is 31.5. The minimum absolute atomic E-state index is 0.0516. The highest BCUT2D eigenvalue weighted by atomic mass is 16.8. The summed E-state index contributed by atoms with van der Waals surface area (Å²) in [6, 6.07) is 15.3. The Morgan fingerprint density at radius 1 is 0.833 bits per heavy atom. The molecule has 3 saturated heterocycles. The number of aliphatic hydroxyl groups excluding tert-OH is 4. The topological polar surface area (TPSA) is 359 Å². The molecule has 2 aromatic rings. The lowest BCUT2D eigenvalue weighted by molar-refractivity contribution is -0.290. The molecule has 2 aromatic carbocycles. The summed E-state index contributed by atoms with van der Waals surface area (Å²) in [7, 11) is 1.54. The Kier molecular flexibility index (Phi) is 20.8. The number of amides is 5. The molecule has 27 nitrogen and oxygen atoms in total. The number of likely N-dealkylation sites (N-methyl/N-ethyl adjacent to an activating group) is 1. The van der Waals surface area contributed by atoms with Gasteiger partial charge in [0.05, 0.1) is 37.9 Å². The highest BCUT2D eigenvalue weighted by Crippen LogP contribution is 2.40. The summed E-state index contributed by atoms with van der Waals surface area (Å²) in [6.45, 7) is 5.76. The Hall–Kier alpha value is -6.52. The number of benzene rings is 2. The van der Waals surface area contributed by atoms with Crippen molar-refractivity contribution in [2.24, 2.45) is 17.0 Å². The van der Waals surface area contributed by atoms with E-state index in [0.29, 0.717) is 5.56 Å². The van der Waals surface area contributed by atoms with E-state index in [4.69, 9.17) is 52.9 Å². The van der Waals surface area contributed by atoms with Crippen molar-refractivity contribution in [2.45, 2.75) is 152 Å². The van der Waals surface area contributed by atoms with Crippen molar-refractivity contribution in [3.63, 3.8) is 0 Å². The van der Waals surface area contributed by atoms with E-state index in [1.165, 1.54) is 11.9 Å². The highest BCUT2D eigenvalue weighted by Gasteiger charge is 2.56. The summed E-state index contributed by atoms with van der Waals surface area (Å²) in [6.07, 6.45) is -19.1. The smallest absolute Gasteiger partial charge is 0.407 e. The van der Waals surface area contributed by atoms with Gasteiger partial charge in [0, 0.05) is 31.5 Å². The number of nitrogens with zero attached hydrogens (tertiary/aromatic N) is 4. The number of aliphatic hydroxyl groups is 4. The van der Waals surface area contributed by atoms with Crippen molar-refractivity contribution >= 4 is 30.3 Å². The van der Waals surface area contributed by atoms with Crippen LogP contribution in [0.15, 0.2) is 77.6 Å². The van der Waals surface area contributed by atoms with Crippen LogP contribution in [0, 0.1) is 11.8 Å². The van der Waals surface area contributed by atoms with E-state index in [1.807, 2.05) is 6.07 Å². The molecular formula is C51H70N8O19. The first-order chi connectivity index (χ1) is 37.3. The molecule has 1 aliphatic carbocycles. The van der Waals surface area contributed by atoms with Gasteiger partial charge >= 0.3 is 24.4 Å². The van der Waals surface area contributed by atoms with Crippen LogP contribution in [-0.4, -0.2) is 187 Å². The predicted molar refractivity (Wildman–Crippen MR) is 268 cm³/mol. The molecular weight excluding hydrogens is 1030 g/mol. The molecule has 4 fully saturated rings. The number of alkyl carbamates (subject to hydrolysis) is 4. The van der Waals surface area contributed by atoms with Crippen molar-refractivity contribution < 1.29 is 91.8 Å². The van der Waals surface area contributed by atoms with Gasteiger partial charge in [0.15, 0.2) is 18.7 Å². The number of nitrogens with one attached hydrogen (secondary N) is 4. The van der Waals surface area contributed by atoms with Crippen molar-refractivity contribution in [1.29, 1.82) is 0 Å². The summed E-state index contributed by atoms with van der Waals surface area (Å²) in [5, 5.41) is 60.7. The largest absolute Gasteiger partial charge is 0.467 e. The summed E-state index contributed by atoms with van der Waals surface area (Å²) in [5.74, 6) is -1.57. The predicted octanol–water partition coefficient (Wildman–Crippen LogP) is 2.34. The molecule has 0 unspecified atom stereocenters. The van der Waals surface area contributed by atoms with Crippen molar-refractivity contribution in [1.82, 2.24) is 26.2 Å². The lowest BCUT2D eigenvalue weighted by Gasteiger charge is -2.47. The average molecular weight is 1100 g/mol. The molecule has 0 aromatic heterocycles. The maximum absolute atomic E-state index is 13.8. The number of fused-ring (bicyclic) bond motifs is 1. The van der Waals surface area contributed by atoms with E-state index < -0.39 is 140 Å². The molecule has 4 heterocycles. The molecule has 78 heavy (non-hydrogen) atoms.